The van der Waals surface area contributed by atoms with Crippen LogP contribution in [0.25, 0.3) is 11.1 Å². The molecule has 2 aliphatic heterocycles. The van der Waals surface area contributed by atoms with Crippen LogP contribution in [0.15, 0.2) is 53.4 Å². The molecule has 0 radical (unpaired) electrons. The van der Waals surface area contributed by atoms with E-state index in [-0.39, 0.29) is 39.6 Å². The summed E-state index contributed by atoms with van der Waals surface area (Å²) in [5.74, 6) is -1.29. The average Bonchev–Trinajstić information content (AvgIpc) is 2.82. The van der Waals surface area contributed by atoms with Crippen molar-refractivity contribution in [3.8, 4) is 16.9 Å². The number of carbonyl (C=O) groups is 1. The first-order valence-corrected chi connectivity index (χ1v) is 13.3. The Kier molecular flexibility index (Phi) is 6.74. The quantitative estimate of drug-likeness (QED) is 0.483. The molecule has 3 aromatic carbocycles. The Morgan fingerprint density at radius 1 is 1.08 bits per heavy atom. The molecule has 0 spiro atoms. The summed E-state index contributed by atoms with van der Waals surface area (Å²) in [6.45, 7) is 1.25. The minimum Gasteiger partial charge on any atom is -0.494 e. The number of ether oxygens (including phenoxy) is 3. The van der Waals surface area contributed by atoms with Crippen LogP contribution in [-0.4, -0.2) is 54.4 Å². The van der Waals surface area contributed by atoms with E-state index in [1.807, 2.05) is 11.0 Å². The lowest BCUT2D eigenvalue weighted by Crippen LogP contribution is -2.51. The third-order valence-electron chi connectivity index (χ3n) is 6.44. The first kappa shape index (κ1) is 25.3. The second kappa shape index (κ2) is 9.85. The van der Waals surface area contributed by atoms with E-state index in [1.165, 1.54) is 31.4 Å². The molecule has 4 bridgehead atoms. The number of carbonyl (C=O) groups excluding carboxylic acids is 1. The normalized spacial score (nSPS) is 17.1. The van der Waals surface area contributed by atoms with Crippen molar-refractivity contribution < 1.29 is 31.8 Å². The number of fused-ring (bicyclic) bond motifs is 6. The van der Waals surface area contributed by atoms with E-state index < -0.39 is 21.8 Å². The van der Waals surface area contributed by atoms with E-state index in [0.717, 1.165) is 11.3 Å². The van der Waals surface area contributed by atoms with Crippen LogP contribution in [-0.2, 0) is 25.9 Å². The highest BCUT2D eigenvalue weighted by Crippen LogP contribution is 2.38. The number of hydrogen-bond donors (Lipinski definition) is 1. The number of rotatable bonds is 3. The number of methoxy groups -OCH3 is 2. The van der Waals surface area contributed by atoms with Crippen molar-refractivity contribution in [3.05, 3.63) is 70.5 Å². The van der Waals surface area contributed by atoms with Gasteiger partial charge < -0.3 is 19.1 Å². The molecule has 11 heteroatoms. The van der Waals surface area contributed by atoms with Crippen LogP contribution in [0.1, 0.15) is 15.9 Å². The maximum atomic E-state index is 14.4. The van der Waals surface area contributed by atoms with Gasteiger partial charge in [0.05, 0.1) is 36.1 Å². The van der Waals surface area contributed by atoms with Gasteiger partial charge in [-0.05, 0) is 59.2 Å². The second-order valence-electron chi connectivity index (χ2n) is 8.81. The number of nitrogens with one attached hydrogen (secondary N) is 1. The van der Waals surface area contributed by atoms with Crippen molar-refractivity contribution in [1.29, 1.82) is 0 Å². The second-order valence-corrected chi connectivity index (χ2v) is 10.9. The summed E-state index contributed by atoms with van der Waals surface area (Å²) in [4.78, 5) is 14.5. The molecule has 1 saturated heterocycles. The summed E-state index contributed by atoms with van der Waals surface area (Å²) in [5, 5.41) is -0.0501. The van der Waals surface area contributed by atoms with Crippen molar-refractivity contribution in [2.75, 3.05) is 43.5 Å². The highest BCUT2D eigenvalue weighted by Gasteiger charge is 2.29. The number of esters is 1. The number of sulfonamides is 1. The molecule has 3 aromatic rings. The summed E-state index contributed by atoms with van der Waals surface area (Å²) in [6, 6.07) is 12.0. The van der Waals surface area contributed by atoms with Crippen LogP contribution in [0, 0.1) is 5.82 Å². The van der Waals surface area contributed by atoms with Crippen LogP contribution >= 0.6 is 11.6 Å². The van der Waals surface area contributed by atoms with E-state index in [4.69, 9.17) is 25.8 Å². The molecule has 0 saturated carbocycles. The number of anilines is 2. The Morgan fingerprint density at radius 2 is 1.86 bits per heavy atom. The van der Waals surface area contributed by atoms with Gasteiger partial charge >= 0.3 is 5.97 Å². The molecule has 0 unspecified atom stereocenters. The highest BCUT2D eigenvalue weighted by molar-refractivity contribution is 7.92. The minimum absolute atomic E-state index is 0.00433. The lowest BCUT2D eigenvalue weighted by molar-refractivity contribution is 0.0509. The fraction of sp³-hybridized carbons (Fsp3) is 0.269. The molecule has 8 nitrogen and oxygen atoms in total. The molecule has 5 rings (SSSR count). The van der Waals surface area contributed by atoms with Gasteiger partial charge in [-0.15, -0.1) is 0 Å². The standard InChI is InChI=1S/C26H24ClFN2O6S/c1-34-21-13-30(14-21)20-8-16-7-19(12-20)29-37(32,33)24-10-17(9-23(27)25(24)35-2)26(31)36-6-5-15-3-4-18(28)11-22(15)16/h3-4,7-12,21,29H,5-6,13-14H2,1-2H3. The lowest BCUT2D eigenvalue weighted by atomic mass is 9.96. The summed E-state index contributed by atoms with van der Waals surface area (Å²) >= 11 is 6.28. The van der Waals surface area contributed by atoms with Crippen molar-refractivity contribution >= 4 is 39.0 Å². The smallest absolute Gasteiger partial charge is 0.338 e. The fourth-order valence-electron chi connectivity index (χ4n) is 4.47. The van der Waals surface area contributed by atoms with Crippen LogP contribution in [0.4, 0.5) is 15.8 Å². The van der Waals surface area contributed by atoms with Crippen molar-refractivity contribution in [3.63, 3.8) is 0 Å². The molecule has 194 valence electrons. The molecule has 0 aromatic heterocycles. The van der Waals surface area contributed by atoms with Crippen LogP contribution in [0.5, 0.6) is 5.75 Å². The van der Waals surface area contributed by atoms with Gasteiger partial charge in [-0.1, -0.05) is 17.7 Å². The first-order valence-electron chi connectivity index (χ1n) is 11.5. The molecular weight excluding hydrogens is 523 g/mol. The SMILES string of the molecule is COc1c(Cl)cc2cc1S(=O)(=O)Nc1cc(cc(N3CC(OC)C3)c1)-c1cc(F)ccc1CCOC2=O. The maximum absolute atomic E-state index is 14.4. The van der Waals surface area contributed by atoms with E-state index >= 15 is 0 Å². The molecule has 37 heavy (non-hydrogen) atoms. The average molecular weight is 547 g/mol. The molecule has 1 N–H and O–H groups in total. The van der Waals surface area contributed by atoms with Crippen LogP contribution < -0.4 is 14.4 Å². The largest absolute Gasteiger partial charge is 0.494 e. The van der Waals surface area contributed by atoms with Crippen molar-refractivity contribution in [2.24, 2.45) is 0 Å². The topological polar surface area (TPSA) is 94.2 Å². The number of cyclic esters (lactones) is 1. The zero-order valence-corrected chi connectivity index (χ0v) is 21.7. The molecule has 0 aliphatic carbocycles. The Hall–Kier alpha value is -3.34. The molecular formula is C26H24ClFN2O6S. The summed E-state index contributed by atoms with van der Waals surface area (Å²) < 4.78 is 60.1. The zero-order valence-electron chi connectivity index (χ0n) is 20.1. The predicted molar refractivity (Wildman–Crippen MR) is 138 cm³/mol. The van der Waals surface area contributed by atoms with Gasteiger partial charge in [-0.2, -0.15) is 0 Å². The molecule has 0 amide bonds. The van der Waals surface area contributed by atoms with Crippen LogP contribution in [0.2, 0.25) is 5.02 Å². The van der Waals surface area contributed by atoms with E-state index in [9.17, 15) is 17.6 Å². The highest BCUT2D eigenvalue weighted by atomic mass is 35.5. The monoisotopic (exact) mass is 546 g/mol. The van der Waals surface area contributed by atoms with Gasteiger partial charge in [0.1, 0.15) is 10.7 Å². The Morgan fingerprint density at radius 3 is 2.59 bits per heavy atom. The van der Waals surface area contributed by atoms with Crippen molar-refractivity contribution in [1.82, 2.24) is 0 Å². The molecule has 0 atom stereocenters. The molecule has 1 fully saturated rings. The van der Waals surface area contributed by atoms with Crippen molar-refractivity contribution in [2.45, 2.75) is 17.4 Å². The lowest BCUT2D eigenvalue weighted by Gasteiger charge is -2.40. The van der Waals surface area contributed by atoms with E-state index in [0.29, 0.717) is 30.6 Å². The van der Waals surface area contributed by atoms with E-state index in [1.54, 1.807) is 25.3 Å². The third kappa shape index (κ3) is 4.96. The number of halogens is 2. The van der Waals surface area contributed by atoms with Crippen LogP contribution in [0.3, 0.4) is 0 Å². The maximum Gasteiger partial charge on any atom is 0.338 e. The zero-order chi connectivity index (χ0) is 26.3. The third-order valence-corrected chi connectivity index (χ3v) is 8.11. The van der Waals surface area contributed by atoms with Gasteiger partial charge in [-0.25, -0.2) is 17.6 Å². The number of benzene rings is 3. The number of nitrogens with zero attached hydrogens (tertiary/aromatic N) is 1. The van der Waals surface area contributed by atoms with Gasteiger partial charge in [0.15, 0.2) is 5.75 Å². The summed E-state index contributed by atoms with van der Waals surface area (Å²) in [5.41, 5.74) is 2.88. The summed E-state index contributed by atoms with van der Waals surface area (Å²) in [6.07, 6.45) is 0.383. The van der Waals surface area contributed by atoms with E-state index in [2.05, 4.69) is 4.72 Å². The molecule has 2 aliphatic rings. The minimum atomic E-state index is -4.27. The predicted octanol–water partition coefficient (Wildman–Crippen LogP) is 4.50. The summed E-state index contributed by atoms with van der Waals surface area (Å²) in [7, 11) is -1.35. The fourth-order valence-corrected chi connectivity index (χ4v) is 6.08. The van der Waals surface area contributed by atoms with Gasteiger partial charge in [0.25, 0.3) is 10.0 Å². The van der Waals surface area contributed by atoms with Gasteiger partial charge in [0, 0.05) is 32.3 Å². The Bertz CT molecular complexity index is 1490. The van der Waals surface area contributed by atoms with Gasteiger partial charge in [-0.3, -0.25) is 4.72 Å². The first-order chi connectivity index (χ1) is 17.7. The number of hydrogen-bond acceptors (Lipinski definition) is 7. The van der Waals surface area contributed by atoms with Gasteiger partial charge in [0.2, 0.25) is 0 Å². The Balaban J connectivity index is 1.70. The Labute approximate surface area is 218 Å². The molecule has 2 heterocycles.